The van der Waals surface area contributed by atoms with E-state index in [9.17, 15) is 14.4 Å². The van der Waals surface area contributed by atoms with Crippen LogP contribution in [0.5, 0.6) is 0 Å². The number of pyridine rings is 1. The molecule has 2 aromatic rings. The third kappa shape index (κ3) is 3.69. The molecule has 2 aliphatic rings. The van der Waals surface area contributed by atoms with E-state index in [-0.39, 0.29) is 35.4 Å². The van der Waals surface area contributed by atoms with Gasteiger partial charge in [0.2, 0.25) is 5.91 Å². The second kappa shape index (κ2) is 7.80. The number of rotatable bonds is 4. The maximum absolute atomic E-state index is 12.7. The van der Waals surface area contributed by atoms with Gasteiger partial charge >= 0.3 is 0 Å². The Morgan fingerprint density at radius 1 is 1.25 bits per heavy atom. The zero-order chi connectivity index (χ0) is 19.7. The zero-order valence-corrected chi connectivity index (χ0v) is 16.2. The van der Waals surface area contributed by atoms with E-state index in [4.69, 9.17) is 11.6 Å². The van der Waals surface area contributed by atoms with Crippen LogP contribution in [0.4, 0.5) is 0 Å². The van der Waals surface area contributed by atoms with Crippen LogP contribution in [0.3, 0.4) is 0 Å². The molecule has 7 heteroatoms. The molecule has 0 bridgehead atoms. The molecule has 1 fully saturated rings. The number of carbonyl (C=O) groups is 2. The van der Waals surface area contributed by atoms with Crippen molar-refractivity contribution in [1.82, 2.24) is 15.2 Å². The average molecular weight is 400 g/mol. The first-order valence-corrected chi connectivity index (χ1v) is 9.96. The summed E-state index contributed by atoms with van der Waals surface area (Å²) in [4.78, 5) is 42.0. The van der Waals surface area contributed by atoms with Crippen LogP contribution in [0, 0.1) is 0 Å². The Morgan fingerprint density at radius 3 is 2.75 bits per heavy atom. The Hall–Kier alpha value is -2.60. The van der Waals surface area contributed by atoms with E-state index < -0.39 is 0 Å². The first-order chi connectivity index (χ1) is 13.5. The van der Waals surface area contributed by atoms with Gasteiger partial charge in [0.15, 0.2) is 0 Å². The minimum absolute atomic E-state index is 0.0228. The molecule has 4 rings (SSSR count). The molecule has 28 heavy (non-hydrogen) atoms. The van der Waals surface area contributed by atoms with Crippen molar-refractivity contribution in [1.29, 1.82) is 0 Å². The highest BCUT2D eigenvalue weighted by molar-refractivity contribution is 6.31. The standard InChI is InChI=1S/C21H22ClN3O3/c22-17-7-2-1-4-13(17)10-18(26)25-9-8-16-14(12-25)11-23-20(27)19(16)21(28)24-15-5-3-6-15/h1-2,4,7,11,15H,3,5-6,8-10,12H2,(H,23,27)(H,24,28). The average Bonchev–Trinajstić information content (AvgIpc) is 2.66. The zero-order valence-electron chi connectivity index (χ0n) is 15.5. The highest BCUT2D eigenvalue weighted by Crippen LogP contribution is 2.23. The van der Waals surface area contributed by atoms with Crippen LogP contribution in [0.15, 0.2) is 35.3 Å². The predicted octanol–water partition coefficient (Wildman–Crippen LogP) is 2.44. The Balaban J connectivity index is 1.51. The number of nitrogens with one attached hydrogen (secondary N) is 2. The van der Waals surface area contributed by atoms with Gasteiger partial charge in [-0.3, -0.25) is 14.4 Å². The largest absolute Gasteiger partial charge is 0.349 e. The number of benzene rings is 1. The van der Waals surface area contributed by atoms with Crippen LogP contribution in [0.25, 0.3) is 0 Å². The van der Waals surface area contributed by atoms with E-state index in [2.05, 4.69) is 10.3 Å². The Morgan fingerprint density at radius 2 is 2.04 bits per heavy atom. The van der Waals surface area contributed by atoms with Crippen molar-refractivity contribution in [3.8, 4) is 0 Å². The molecular weight excluding hydrogens is 378 g/mol. The molecule has 0 atom stereocenters. The van der Waals surface area contributed by atoms with Gasteiger partial charge in [0, 0.05) is 30.4 Å². The number of halogens is 1. The third-order valence-corrected chi connectivity index (χ3v) is 5.98. The molecule has 1 aromatic carbocycles. The van der Waals surface area contributed by atoms with Crippen molar-refractivity contribution in [3.05, 3.63) is 68.1 Å². The van der Waals surface area contributed by atoms with Crippen LogP contribution in [0.2, 0.25) is 5.02 Å². The van der Waals surface area contributed by atoms with Gasteiger partial charge in [-0.1, -0.05) is 29.8 Å². The summed E-state index contributed by atoms with van der Waals surface area (Å²) in [5.74, 6) is -0.330. The number of hydrogen-bond acceptors (Lipinski definition) is 3. The summed E-state index contributed by atoms with van der Waals surface area (Å²) in [5.41, 5.74) is 2.19. The Labute approximate surface area is 167 Å². The molecule has 0 spiro atoms. The van der Waals surface area contributed by atoms with Crippen molar-refractivity contribution in [3.63, 3.8) is 0 Å². The summed E-state index contributed by atoms with van der Waals surface area (Å²) in [6.07, 6.45) is 5.36. The monoisotopic (exact) mass is 399 g/mol. The molecular formula is C21H22ClN3O3. The third-order valence-electron chi connectivity index (χ3n) is 5.61. The number of hydrogen-bond donors (Lipinski definition) is 2. The van der Waals surface area contributed by atoms with Crippen LogP contribution in [0.1, 0.15) is 46.3 Å². The number of carbonyl (C=O) groups excluding carboxylic acids is 2. The number of nitrogens with zero attached hydrogens (tertiary/aromatic N) is 1. The molecule has 2 N–H and O–H groups in total. The van der Waals surface area contributed by atoms with E-state index in [1.807, 2.05) is 18.2 Å². The molecule has 0 unspecified atom stereocenters. The van der Waals surface area contributed by atoms with E-state index in [0.717, 1.165) is 36.0 Å². The number of fused-ring (bicyclic) bond motifs is 1. The molecule has 1 saturated carbocycles. The fraction of sp³-hybridized carbons (Fsp3) is 0.381. The number of amides is 2. The molecule has 1 aromatic heterocycles. The van der Waals surface area contributed by atoms with Crippen molar-refractivity contribution >= 4 is 23.4 Å². The maximum Gasteiger partial charge on any atom is 0.261 e. The van der Waals surface area contributed by atoms with Gasteiger partial charge in [-0.05, 0) is 48.4 Å². The number of aromatic nitrogens is 1. The minimum Gasteiger partial charge on any atom is -0.349 e. The first kappa shape index (κ1) is 18.7. The smallest absolute Gasteiger partial charge is 0.261 e. The number of aromatic amines is 1. The van der Waals surface area contributed by atoms with Gasteiger partial charge in [0.05, 0.1) is 6.42 Å². The first-order valence-electron chi connectivity index (χ1n) is 9.58. The van der Waals surface area contributed by atoms with E-state index in [1.165, 1.54) is 0 Å². The van der Waals surface area contributed by atoms with Crippen LogP contribution in [-0.4, -0.2) is 34.3 Å². The van der Waals surface area contributed by atoms with Crippen LogP contribution in [-0.2, 0) is 24.2 Å². The molecule has 1 aliphatic carbocycles. The minimum atomic E-state index is -0.369. The van der Waals surface area contributed by atoms with Gasteiger partial charge in [-0.25, -0.2) is 0 Å². The van der Waals surface area contributed by atoms with Crippen molar-refractivity contribution in [2.45, 2.75) is 44.7 Å². The fourth-order valence-corrected chi connectivity index (χ4v) is 3.95. The fourth-order valence-electron chi connectivity index (χ4n) is 3.75. The van der Waals surface area contributed by atoms with Gasteiger partial charge in [0.25, 0.3) is 11.5 Å². The lowest BCUT2D eigenvalue weighted by molar-refractivity contribution is -0.131. The quantitative estimate of drug-likeness (QED) is 0.828. The lowest BCUT2D eigenvalue weighted by Crippen LogP contribution is -2.44. The second-order valence-corrected chi connectivity index (χ2v) is 7.84. The molecule has 6 nitrogen and oxygen atoms in total. The van der Waals surface area contributed by atoms with E-state index in [1.54, 1.807) is 17.2 Å². The summed E-state index contributed by atoms with van der Waals surface area (Å²) >= 11 is 6.16. The van der Waals surface area contributed by atoms with Crippen LogP contribution < -0.4 is 10.9 Å². The predicted molar refractivity (Wildman–Crippen MR) is 106 cm³/mol. The summed E-state index contributed by atoms with van der Waals surface area (Å²) in [6.45, 7) is 0.850. The highest BCUT2D eigenvalue weighted by atomic mass is 35.5. The lowest BCUT2D eigenvalue weighted by atomic mass is 9.91. The topological polar surface area (TPSA) is 82.3 Å². The summed E-state index contributed by atoms with van der Waals surface area (Å²) in [7, 11) is 0. The molecule has 2 heterocycles. The second-order valence-electron chi connectivity index (χ2n) is 7.43. The van der Waals surface area contributed by atoms with Gasteiger partial charge < -0.3 is 15.2 Å². The maximum atomic E-state index is 12.7. The highest BCUT2D eigenvalue weighted by Gasteiger charge is 2.28. The lowest BCUT2D eigenvalue weighted by Gasteiger charge is -2.31. The molecule has 2 amide bonds. The number of H-pyrrole nitrogens is 1. The normalized spacial score (nSPS) is 16.2. The molecule has 146 valence electrons. The SMILES string of the molecule is O=C(NC1CCC1)c1c2c(c[nH]c1=O)CN(C(=O)Cc1ccccc1Cl)CC2. The van der Waals surface area contributed by atoms with Gasteiger partial charge in [0.1, 0.15) is 5.56 Å². The molecule has 1 aliphatic heterocycles. The van der Waals surface area contributed by atoms with E-state index in [0.29, 0.717) is 24.5 Å². The summed E-state index contributed by atoms with van der Waals surface area (Å²) in [5, 5.41) is 3.52. The van der Waals surface area contributed by atoms with Crippen molar-refractivity contribution in [2.75, 3.05) is 6.54 Å². The summed E-state index contributed by atoms with van der Waals surface area (Å²) < 4.78 is 0. The summed E-state index contributed by atoms with van der Waals surface area (Å²) in [6, 6.07) is 7.48. The van der Waals surface area contributed by atoms with Gasteiger partial charge in [-0.15, -0.1) is 0 Å². The van der Waals surface area contributed by atoms with Crippen molar-refractivity contribution in [2.24, 2.45) is 0 Å². The van der Waals surface area contributed by atoms with E-state index >= 15 is 0 Å². The van der Waals surface area contributed by atoms with Crippen molar-refractivity contribution < 1.29 is 9.59 Å². The Bertz CT molecular complexity index is 981. The Kier molecular flexibility index (Phi) is 5.22. The van der Waals surface area contributed by atoms with Gasteiger partial charge in [-0.2, -0.15) is 0 Å². The molecule has 0 saturated heterocycles. The van der Waals surface area contributed by atoms with Crippen LogP contribution >= 0.6 is 11.6 Å². The molecule has 0 radical (unpaired) electrons.